The Labute approximate surface area is 189 Å². The van der Waals surface area contributed by atoms with Crippen LogP contribution in [-0.4, -0.2) is 46.9 Å². The molecule has 1 fully saturated rings. The van der Waals surface area contributed by atoms with Gasteiger partial charge in [0.15, 0.2) is 0 Å². The van der Waals surface area contributed by atoms with Crippen LogP contribution in [0.25, 0.3) is 5.65 Å². The van der Waals surface area contributed by atoms with Gasteiger partial charge in [0.25, 0.3) is 5.91 Å². The van der Waals surface area contributed by atoms with E-state index >= 15 is 0 Å². The number of nitrogens with zero attached hydrogens (tertiary/aromatic N) is 3. The number of amides is 1. The van der Waals surface area contributed by atoms with Gasteiger partial charge in [0.1, 0.15) is 18.0 Å². The van der Waals surface area contributed by atoms with Gasteiger partial charge in [0.05, 0.1) is 5.69 Å². The second-order valence-corrected chi connectivity index (χ2v) is 7.31. The minimum absolute atomic E-state index is 0. The third-order valence-electron chi connectivity index (χ3n) is 5.28. The van der Waals surface area contributed by atoms with Gasteiger partial charge in [-0.1, -0.05) is 12.1 Å². The fourth-order valence-corrected chi connectivity index (χ4v) is 3.74. The number of hydrogen-bond acceptors (Lipinski definition) is 4. The van der Waals surface area contributed by atoms with Crippen molar-refractivity contribution in [2.24, 2.45) is 5.92 Å². The normalized spacial score (nSPS) is 14.1. The standard InChI is InChI=1S/C22H26N4O2.2ClH/c1-23-14-17-8-11-25(12-9-17)22(27)18-5-4-6-20(13-18)28-16-19-15-26-10-3-2-7-21(26)24-19;;/h2-7,10,13,15,17,23H,8-9,11-12,14,16H2,1H3;2*1H. The van der Waals surface area contributed by atoms with Gasteiger partial charge in [0, 0.05) is 31.0 Å². The van der Waals surface area contributed by atoms with Crippen molar-refractivity contribution in [2.75, 3.05) is 26.7 Å². The van der Waals surface area contributed by atoms with E-state index in [0.29, 0.717) is 23.8 Å². The minimum Gasteiger partial charge on any atom is -0.487 e. The van der Waals surface area contributed by atoms with E-state index in [-0.39, 0.29) is 30.7 Å². The number of hydrogen-bond donors (Lipinski definition) is 1. The molecule has 8 heteroatoms. The predicted octanol–water partition coefficient (Wildman–Crippen LogP) is 3.83. The van der Waals surface area contributed by atoms with Crippen LogP contribution in [0.3, 0.4) is 0 Å². The smallest absolute Gasteiger partial charge is 0.253 e. The number of piperidine rings is 1. The van der Waals surface area contributed by atoms with Crippen molar-refractivity contribution >= 4 is 36.4 Å². The summed E-state index contributed by atoms with van der Waals surface area (Å²) in [6.45, 7) is 3.03. The molecule has 1 amide bonds. The molecule has 1 saturated heterocycles. The molecular weight excluding hydrogens is 423 g/mol. The van der Waals surface area contributed by atoms with Crippen LogP contribution >= 0.6 is 24.8 Å². The summed E-state index contributed by atoms with van der Waals surface area (Å²) in [6, 6.07) is 13.3. The summed E-state index contributed by atoms with van der Waals surface area (Å²) in [5.74, 6) is 1.43. The molecular formula is C22H28Cl2N4O2. The highest BCUT2D eigenvalue weighted by Gasteiger charge is 2.23. The first-order valence-electron chi connectivity index (χ1n) is 9.82. The minimum atomic E-state index is 0. The van der Waals surface area contributed by atoms with Crippen LogP contribution in [0.4, 0.5) is 0 Å². The third kappa shape index (κ3) is 5.65. The second-order valence-electron chi connectivity index (χ2n) is 7.31. The average molecular weight is 451 g/mol. The lowest BCUT2D eigenvalue weighted by Crippen LogP contribution is -2.40. The number of ether oxygens (including phenoxy) is 1. The highest BCUT2D eigenvalue weighted by molar-refractivity contribution is 5.94. The molecule has 6 nitrogen and oxygen atoms in total. The number of carbonyl (C=O) groups excluding carboxylic acids is 1. The number of nitrogens with one attached hydrogen (secondary N) is 1. The van der Waals surface area contributed by atoms with Crippen LogP contribution in [0.5, 0.6) is 5.75 Å². The number of benzene rings is 1. The van der Waals surface area contributed by atoms with E-state index < -0.39 is 0 Å². The summed E-state index contributed by atoms with van der Waals surface area (Å²) >= 11 is 0. The molecule has 1 aliphatic rings. The third-order valence-corrected chi connectivity index (χ3v) is 5.28. The molecule has 1 N–H and O–H groups in total. The van der Waals surface area contributed by atoms with E-state index in [1.54, 1.807) is 0 Å². The van der Waals surface area contributed by atoms with Crippen molar-refractivity contribution in [3.05, 3.63) is 66.1 Å². The zero-order chi connectivity index (χ0) is 19.3. The van der Waals surface area contributed by atoms with Crippen LogP contribution in [0, 0.1) is 5.92 Å². The first-order chi connectivity index (χ1) is 13.7. The average Bonchev–Trinajstić information content (AvgIpc) is 3.16. The van der Waals surface area contributed by atoms with Gasteiger partial charge in [-0.05, 0) is 62.7 Å². The van der Waals surface area contributed by atoms with Crippen LogP contribution < -0.4 is 10.1 Å². The number of rotatable bonds is 6. The molecule has 0 aliphatic carbocycles. The van der Waals surface area contributed by atoms with Gasteiger partial charge < -0.3 is 19.4 Å². The van der Waals surface area contributed by atoms with Crippen LogP contribution in [0.15, 0.2) is 54.9 Å². The highest BCUT2D eigenvalue weighted by atomic mass is 35.5. The molecule has 162 valence electrons. The number of imidazole rings is 1. The summed E-state index contributed by atoms with van der Waals surface area (Å²) in [5.41, 5.74) is 2.43. The Kier molecular flexibility index (Phi) is 8.96. The van der Waals surface area contributed by atoms with Gasteiger partial charge in [-0.25, -0.2) is 4.98 Å². The Morgan fingerprint density at radius 1 is 1.17 bits per heavy atom. The quantitative estimate of drug-likeness (QED) is 0.619. The molecule has 3 aromatic rings. The lowest BCUT2D eigenvalue weighted by Gasteiger charge is -2.32. The van der Waals surface area contributed by atoms with Crippen molar-refractivity contribution in [3.63, 3.8) is 0 Å². The molecule has 2 aromatic heterocycles. The first-order valence-corrected chi connectivity index (χ1v) is 9.82. The fourth-order valence-electron chi connectivity index (χ4n) is 3.74. The second kappa shape index (κ2) is 11.2. The van der Waals surface area contributed by atoms with Gasteiger partial charge in [0.2, 0.25) is 0 Å². The molecule has 3 heterocycles. The molecule has 30 heavy (non-hydrogen) atoms. The van der Waals surface area contributed by atoms with Crippen molar-refractivity contribution in [3.8, 4) is 5.75 Å². The number of likely N-dealkylation sites (tertiary alicyclic amines) is 1. The Morgan fingerprint density at radius 2 is 1.97 bits per heavy atom. The molecule has 1 aromatic carbocycles. The highest BCUT2D eigenvalue weighted by Crippen LogP contribution is 2.21. The Bertz CT molecular complexity index is 922. The topological polar surface area (TPSA) is 58.9 Å². The zero-order valence-corrected chi connectivity index (χ0v) is 18.6. The van der Waals surface area contributed by atoms with Gasteiger partial charge in [-0.3, -0.25) is 4.79 Å². The van der Waals surface area contributed by atoms with Crippen molar-refractivity contribution < 1.29 is 9.53 Å². The van der Waals surface area contributed by atoms with Crippen LogP contribution in [-0.2, 0) is 6.61 Å². The van der Waals surface area contributed by atoms with Gasteiger partial charge >= 0.3 is 0 Å². The maximum absolute atomic E-state index is 12.8. The van der Waals surface area contributed by atoms with E-state index in [1.807, 2.05) is 71.2 Å². The molecule has 1 aliphatic heterocycles. The lowest BCUT2D eigenvalue weighted by atomic mass is 9.96. The maximum atomic E-state index is 12.8. The number of halogens is 2. The molecule has 0 bridgehead atoms. The molecule has 0 atom stereocenters. The van der Waals surface area contributed by atoms with E-state index in [9.17, 15) is 4.79 Å². The Hall–Kier alpha value is -2.28. The predicted molar refractivity (Wildman–Crippen MR) is 123 cm³/mol. The number of pyridine rings is 1. The Morgan fingerprint density at radius 3 is 2.70 bits per heavy atom. The molecule has 0 radical (unpaired) electrons. The van der Waals surface area contributed by atoms with E-state index in [1.165, 1.54) is 0 Å². The Balaban J connectivity index is 0.00000160. The lowest BCUT2D eigenvalue weighted by molar-refractivity contribution is 0.0690. The molecule has 0 unspecified atom stereocenters. The zero-order valence-electron chi connectivity index (χ0n) is 17.0. The number of carbonyl (C=O) groups is 1. The molecule has 0 spiro atoms. The number of fused-ring (bicyclic) bond motifs is 1. The van der Waals surface area contributed by atoms with Crippen molar-refractivity contribution in [1.29, 1.82) is 0 Å². The van der Waals surface area contributed by atoms with E-state index in [2.05, 4.69) is 10.3 Å². The molecule has 0 saturated carbocycles. The first kappa shape index (κ1) is 24.0. The summed E-state index contributed by atoms with van der Waals surface area (Å²) in [6.07, 6.45) is 6.03. The van der Waals surface area contributed by atoms with Gasteiger partial charge in [-0.2, -0.15) is 0 Å². The van der Waals surface area contributed by atoms with Crippen LogP contribution in [0.1, 0.15) is 28.9 Å². The van der Waals surface area contributed by atoms with E-state index in [0.717, 1.165) is 43.8 Å². The largest absolute Gasteiger partial charge is 0.487 e. The molecule has 4 rings (SSSR count). The summed E-state index contributed by atoms with van der Waals surface area (Å²) in [5, 5.41) is 3.23. The SMILES string of the molecule is CNCC1CCN(C(=O)c2cccc(OCc3cn4ccccc4n3)c2)CC1.Cl.Cl. The van der Waals surface area contributed by atoms with Crippen LogP contribution in [0.2, 0.25) is 0 Å². The van der Waals surface area contributed by atoms with E-state index in [4.69, 9.17) is 4.74 Å². The van der Waals surface area contributed by atoms with Gasteiger partial charge in [-0.15, -0.1) is 24.8 Å². The summed E-state index contributed by atoms with van der Waals surface area (Å²) in [4.78, 5) is 19.3. The number of aromatic nitrogens is 2. The summed E-state index contributed by atoms with van der Waals surface area (Å²) in [7, 11) is 1.98. The van der Waals surface area contributed by atoms with Crippen molar-refractivity contribution in [2.45, 2.75) is 19.4 Å². The fraction of sp³-hybridized carbons (Fsp3) is 0.364. The maximum Gasteiger partial charge on any atom is 0.253 e. The summed E-state index contributed by atoms with van der Waals surface area (Å²) < 4.78 is 7.86. The monoisotopic (exact) mass is 450 g/mol. The van der Waals surface area contributed by atoms with Crippen molar-refractivity contribution in [1.82, 2.24) is 19.6 Å².